The molecule has 2 aromatic heterocycles. The zero-order valence-corrected chi connectivity index (χ0v) is 20.9. The van der Waals surface area contributed by atoms with Gasteiger partial charge in [0.05, 0.1) is 28.6 Å². The van der Waals surface area contributed by atoms with Crippen LogP contribution in [0.5, 0.6) is 5.75 Å². The van der Waals surface area contributed by atoms with Crippen LogP contribution in [0.3, 0.4) is 0 Å². The average molecular weight is 527 g/mol. The fraction of sp³-hybridized carbons (Fsp3) is 0.125. The first-order valence-electron chi connectivity index (χ1n) is 10.5. The Morgan fingerprint density at radius 2 is 1.97 bits per heavy atom. The predicted octanol–water partition coefficient (Wildman–Crippen LogP) is 5.28. The monoisotopic (exact) mass is 526 g/mol. The van der Waals surface area contributed by atoms with Crippen LogP contribution >= 0.6 is 35.0 Å². The van der Waals surface area contributed by atoms with E-state index < -0.39 is 0 Å². The van der Waals surface area contributed by atoms with E-state index in [1.807, 2.05) is 47.9 Å². The number of carbonyl (C=O) groups is 1. The molecule has 0 radical (unpaired) electrons. The van der Waals surface area contributed by atoms with Gasteiger partial charge in [-0.1, -0.05) is 41.0 Å². The van der Waals surface area contributed by atoms with Crippen molar-refractivity contribution in [2.45, 2.75) is 12.1 Å². The minimum atomic E-state index is -0.296. The molecule has 0 spiro atoms. The van der Waals surface area contributed by atoms with E-state index in [1.54, 1.807) is 30.6 Å². The minimum Gasteiger partial charge on any atom is -0.494 e. The predicted molar refractivity (Wildman–Crippen MR) is 139 cm³/mol. The molecule has 0 bridgehead atoms. The van der Waals surface area contributed by atoms with Gasteiger partial charge in [0, 0.05) is 23.6 Å². The van der Waals surface area contributed by atoms with Crippen molar-refractivity contribution >= 4 is 47.1 Å². The molecule has 1 N–H and O–H groups in total. The second kappa shape index (κ2) is 11.8. The number of rotatable bonds is 9. The number of benzene rings is 2. The number of amides is 1. The van der Waals surface area contributed by atoms with Crippen molar-refractivity contribution in [3.05, 3.63) is 82.6 Å². The Labute approximate surface area is 216 Å². The summed E-state index contributed by atoms with van der Waals surface area (Å²) in [6.45, 7) is 2.51. The van der Waals surface area contributed by atoms with Gasteiger partial charge in [-0.05, 0) is 61.0 Å². The van der Waals surface area contributed by atoms with Gasteiger partial charge in [-0.2, -0.15) is 5.10 Å². The molecular weight excluding hydrogens is 507 g/mol. The molecule has 0 unspecified atom stereocenters. The van der Waals surface area contributed by atoms with E-state index in [2.05, 4.69) is 25.7 Å². The number of halogens is 2. The van der Waals surface area contributed by atoms with Crippen LogP contribution in [0.15, 0.2) is 77.2 Å². The molecule has 0 aliphatic rings. The number of carbonyl (C=O) groups excluding carboxylic acids is 1. The van der Waals surface area contributed by atoms with Crippen LogP contribution in [0.2, 0.25) is 10.0 Å². The van der Waals surface area contributed by atoms with Crippen LogP contribution in [-0.2, 0) is 4.79 Å². The van der Waals surface area contributed by atoms with Crippen molar-refractivity contribution in [1.29, 1.82) is 0 Å². The molecule has 0 saturated carbocycles. The van der Waals surface area contributed by atoms with E-state index in [-0.39, 0.29) is 11.7 Å². The number of pyridine rings is 1. The van der Waals surface area contributed by atoms with Gasteiger partial charge in [-0.25, -0.2) is 5.43 Å². The molecule has 178 valence electrons. The summed E-state index contributed by atoms with van der Waals surface area (Å²) in [5, 5.41) is 14.1. The number of nitrogens with one attached hydrogen (secondary N) is 1. The summed E-state index contributed by atoms with van der Waals surface area (Å²) in [4.78, 5) is 16.6. The summed E-state index contributed by atoms with van der Waals surface area (Å²) in [6.07, 6.45) is 4.90. The molecule has 0 fully saturated rings. The number of nitrogens with zero attached hydrogens (tertiary/aromatic N) is 5. The maximum absolute atomic E-state index is 12.4. The summed E-state index contributed by atoms with van der Waals surface area (Å²) in [7, 11) is 0. The topological polar surface area (TPSA) is 94.3 Å². The summed E-state index contributed by atoms with van der Waals surface area (Å²) in [5.74, 6) is 1.17. The Kier molecular flexibility index (Phi) is 8.36. The first-order chi connectivity index (χ1) is 17.0. The van der Waals surface area contributed by atoms with E-state index in [4.69, 9.17) is 27.9 Å². The van der Waals surface area contributed by atoms with Gasteiger partial charge in [-0.3, -0.25) is 14.3 Å². The normalized spacial score (nSPS) is 11.1. The molecule has 0 aliphatic carbocycles. The third-order valence-corrected chi connectivity index (χ3v) is 6.31. The lowest BCUT2D eigenvalue weighted by molar-refractivity contribution is -0.118. The lowest BCUT2D eigenvalue weighted by Crippen LogP contribution is -2.20. The highest BCUT2D eigenvalue weighted by Gasteiger charge is 2.17. The molecule has 0 atom stereocenters. The third kappa shape index (κ3) is 6.39. The highest BCUT2D eigenvalue weighted by molar-refractivity contribution is 7.99. The molecule has 1 amide bonds. The molecule has 2 aromatic carbocycles. The highest BCUT2D eigenvalue weighted by Crippen LogP contribution is 2.28. The van der Waals surface area contributed by atoms with Gasteiger partial charge in [0.2, 0.25) is 0 Å². The maximum atomic E-state index is 12.4. The van der Waals surface area contributed by atoms with Crippen LogP contribution in [0.4, 0.5) is 0 Å². The van der Waals surface area contributed by atoms with Crippen LogP contribution in [0, 0.1) is 0 Å². The van der Waals surface area contributed by atoms with Gasteiger partial charge < -0.3 is 4.74 Å². The van der Waals surface area contributed by atoms with E-state index >= 15 is 0 Å². The van der Waals surface area contributed by atoms with Crippen LogP contribution in [0.25, 0.3) is 17.1 Å². The molecule has 0 saturated heterocycles. The molecule has 2 heterocycles. The van der Waals surface area contributed by atoms with Crippen molar-refractivity contribution < 1.29 is 9.53 Å². The number of thioether (sulfide) groups is 1. The van der Waals surface area contributed by atoms with Crippen LogP contribution in [-0.4, -0.2) is 44.2 Å². The first kappa shape index (κ1) is 24.7. The third-order valence-electron chi connectivity index (χ3n) is 4.64. The number of hydrazone groups is 1. The molecule has 11 heteroatoms. The quantitative estimate of drug-likeness (QED) is 0.181. The molecule has 4 rings (SSSR count). The zero-order chi connectivity index (χ0) is 24.6. The smallest absolute Gasteiger partial charge is 0.250 e. The zero-order valence-electron chi connectivity index (χ0n) is 18.6. The van der Waals surface area contributed by atoms with E-state index in [0.717, 1.165) is 17.0 Å². The van der Waals surface area contributed by atoms with E-state index in [9.17, 15) is 4.79 Å². The van der Waals surface area contributed by atoms with Crippen molar-refractivity contribution in [3.8, 4) is 22.8 Å². The molecular formula is C24H20Cl2N6O2S. The largest absolute Gasteiger partial charge is 0.494 e. The van der Waals surface area contributed by atoms with E-state index in [1.165, 1.54) is 18.0 Å². The fourth-order valence-electron chi connectivity index (χ4n) is 3.07. The van der Waals surface area contributed by atoms with Gasteiger partial charge in [-0.15, -0.1) is 10.2 Å². The Morgan fingerprint density at radius 3 is 2.69 bits per heavy atom. The lowest BCUT2D eigenvalue weighted by Gasteiger charge is -2.11. The summed E-state index contributed by atoms with van der Waals surface area (Å²) < 4.78 is 7.43. The summed E-state index contributed by atoms with van der Waals surface area (Å²) >= 11 is 13.2. The second-order valence-electron chi connectivity index (χ2n) is 7.07. The molecule has 35 heavy (non-hydrogen) atoms. The fourth-order valence-corrected chi connectivity index (χ4v) is 4.12. The SMILES string of the molecule is CCOc1ccc(-n2c(SCC(=O)NN=Cc3ccc(Cl)c(Cl)c3)nnc2-c2cccnc2)cc1. The first-order valence-corrected chi connectivity index (χ1v) is 12.3. The number of hydrogen-bond acceptors (Lipinski definition) is 7. The standard InChI is InChI=1S/C24H20Cl2N6O2S/c1-2-34-19-8-6-18(7-9-19)32-23(17-4-3-11-27-14-17)30-31-24(32)35-15-22(33)29-28-13-16-5-10-20(25)21(26)12-16/h3-14H,2,15H2,1H3,(H,29,33). The number of ether oxygens (including phenoxy) is 1. The van der Waals surface area contributed by atoms with Gasteiger partial charge >= 0.3 is 0 Å². The minimum absolute atomic E-state index is 0.0842. The van der Waals surface area contributed by atoms with Crippen molar-refractivity contribution in [2.75, 3.05) is 12.4 Å². The Balaban J connectivity index is 1.50. The molecule has 4 aromatic rings. The van der Waals surface area contributed by atoms with Crippen molar-refractivity contribution in [2.24, 2.45) is 5.10 Å². The maximum Gasteiger partial charge on any atom is 0.250 e. The summed E-state index contributed by atoms with van der Waals surface area (Å²) in [6, 6.07) is 16.4. The number of aromatic nitrogens is 4. The van der Waals surface area contributed by atoms with Gasteiger partial charge in [0.1, 0.15) is 5.75 Å². The molecule has 8 nitrogen and oxygen atoms in total. The van der Waals surface area contributed by atoms with Gasteiger partial charge in [0.25, 0.3) is 5.91 Å². The van der Waals surface area contributed by atoms with Crippen molar-refractivity contribution in [3.63, 3.8) is 0 Å². The Morgan fingerprint density at radius 1 is 1.14 bits per heavy atom. The Bertz CT molecular complexity index is 1330. The summed E-state index contributed by atoms with van der Waals surface area (Å²) in [5.41, 5.74) is 4.85. The number of hydrogen-bond donors (Lipinski definition) is 1. The lowest BCUT2D eigenvalue weighted by atomic mass is 10.2. The molecule has 0 aliphatic heterocycles. The van der Waals surface area contributed by atoms with Crippen LogP contribution < -0.4 is 10.2 Å². The van der Waals surface area contributed by atoms with Gasteiger partial charge in [0.15, 0.2) is 11.0 Å². The second-order valence-corrected chi connectivity index (χ2v) is 8.82. The van der Waals surface area contributed by atoms with E-state index in [0.29, 0.717) is 33.2 Å². The highest BCUT2D eigenvalue weighted by atomic mass is 35.5. The Hall–Kier alpha value is -3.40. The van der Waals surface area contributed by atoms with Crippen LogP contribution in [0.1, 0.15) is 12.5 Å². The average Bonchev–Trinajstić information content (AvgIpc) is 3.30. The van der Waals surface area contributed by atoms with Crippen molar-refractivity contribution in [1.82, 2.24) is 25.2 Å².